The molecule has 1 N–H and O–H groups in total. The SMILES string of the molecule is CCOc1cc(-c2nn[nH]n2)cc(Cl)c1OCc1ccccc1C. The number of benzene rings is 2. The lowest BCUT2D eigenvalue weighted by Crippen LogP contribution is -2.02. The lowest BCUT2D eigenvalue weighted by Gasteiger charge is -2.15. The molecule has 0 fully saturated rings. The lowest BCUT2D eigenvalue weighted by atomic mass is 10.1. The Hall–Kier alpha value is -2.60. The molecular formula is C17H17ClN4O2. The number of aromatic nitrogens is 4. The maximum absolute atomic E-state index is 6.40. The summed E-state index contributed by atoms with van der Waals surface area (Å²) in [6.45, 7) is 4.85. The van der Waals surface area contributed by atoms with Crippen LogP contribution in [0.2, 0.25) is 5.02 Å². The molecular weight excluding hydrogens is 328 g/mol. The Kier molecular flexibility index (Phi) is 4.96. The average molecular weight is 345 g/mol. The molecule has 24 heavy (non-hydrogen) atoms. The van der Waals surface area contributed by atoms with Crippen LogP contribution in [0.25, 0.3) is 11.4 Å². The first-order chi connectivity index (χ1) is 11.7. The minimum atomic E-state index is 0.411. The van der Waals surface area contributed by atoms with Crippen LogP contribution in [0.15, 0.2) is 36.4 Å². The van der Waals surface area contributed by atoms with Crippen LogP contribution in [0.5, 0.6) is 11.5 Å². The highest BCUT2D eigenvalue weighted by atomic mass is 35.5. The largest absolute Gasteiger partial charge is 0.490 e. The second-order valence-electron chi connectivity index (χ2n) is 5.17. The molecule has 0 saturated carbocycles. The second kappa shape index (κ2) is 7.31. The van der Waals surface area contributed by atoms with Gasteiger partial charge in [0, 0.05) is 5.56 Å². The van der Waals surface area contributed by atoms with Crippen molar-refractivity contribution in [1.82, 2.24) is 20.6 Å². The maximum atomic E-state index is 6.40. The number of aryl methyl sites for hydroxylation is 1. The van der Waals surface area contributed by atoms with E-state index in [0.29, 0.717) is 41.1 Å². The quantitative estimate of drug-likeness (QED) is 0.736. The number of nitrogens with one attached hydrogen (secondary N) is 1. The van der Waals surface area contributed by atoms with Gasteiger partial charge < -0.3 is 9.47 Å². The number of rotatable bonds is 6. The molecule has 1 heterocycles. The van der Waals surface area contributed by atoms with Crippen LogP contribution < -0.4 is 9.47 Å². The number of aromatic amines is 1. The van der Waals surface area contributed by atoms with Gasteiger partial charge in [0.25, 0.3) is 0 Å². The van der Waals surface area contributed by atoms with Crippen LogP contribution in [0.4, 0.5) is 0 Å². The zero-order chi connectivity index (χ0) is 16.9. The lowest BCUT2D eigenvalue weighted by molar-refractivity contribution is 0.269. The number of hydrogen-bond acceptors (Lipinski definition) is 5. The van der Waals surface area contributed by atoms with E-state index < -0.39 is 0 Å². The Bertz CT molecular complexity index is 821. The normalized spacial score (nSPS) is 10.6. The molecule has 0 saturated heterocycles. The van der Waals surface area contributed by atoms with Crippen molar-refractivity contribution >= 4 is 11.6 Å². The van der Waals surface area contributed by atoms with Crippen molar-refractivity contribution in [3.05, 3.63) is 52.5 Å². The Morgan fingerprint density at radius 3 is 2.71 bits per heavy atom. The predicted molar refractivity (Wildman–Crippen MR) is 91.3 cm³/mol. The molecule has 3 aromatic rings. The Morgan fingerprint density at radius 1 is 1.17 bits per heavy atom. The van der Waals surface area contributed by atoms with Crippen molar-refractivity contribution < 1.29 is 9.47 Å². The van der Waals surface area contributed by atoms with Gasteiger partial charge in [0.05, 0.1) is 11.6 Å². The van der Waals surface area contributed by atoms with Gasteiger partial charge in [-0.1, -0.05) is 35.9 Å². The molecule has 0 aliphatic carbocycles. The number of tetrazole rings is 1. The highest BCUT2D eigenvalue weighted by molar-refractivity contribution is 6.32. The van der Waals surface area contributed by atoms with E-state index in [1.807, 2.05) is 38.1 Å². The Balaban J connectivity index is 1.90. The van der Waals surface area contributed by atoms with Crippen LogP contribution >= 0.6 is 11.6 Å². The summed E-state index contributed by atoms with van der Waals surface area (Å²) in [6, 6.07) is 11.6. The van der Waals surface area contributed by atoms with Gasteiger partial charge in [0.1, 0.15) is 6.61 Å². The van der Waals surface area contributed by atoms with Gasteiger partial charge in [-0.05, 0) is 42.3 Å². The molecule has 2 aromatic carbocycles. The monoisotopic (exact) mass is 344 g/mol. The molecule has 0 unspecified atom stereocenters. The first-order valence-corrected chi connectivity index (χ1v) is 7.94. The molecule has 0 aliphatic heterocycles. The summed E-state index contributed by atoms with van der Waals surface area (Å²) >= 11 is 6.40. The van der Waals surface area contributed by atoms with E-state index in [1.165, 1.54) is 0 Å². The third-order valence-electron chi connectivity index (χ3n) is 3.55. The fraction of sp³-hybridized carbons (Fsp3) is 0.235. The van der Waals surface area contributed by atoms with Crippen molar-refractivity contribution in [3.8, 4) is 22.9 Å². The number of nitrogens with zero attached hydrogens (tertiary/aromatic N) is 3. The highest BCUT2D eigenvalue weighted by Gasteiger charge is 2.16. The molecule has 7 heteroatoms. The zero-order valence-corrected chi connectivity index (χ0v) is 14.2. The van der Waals surface area contributed by atoms with Gasteiger partial charge in [-0.15, -0.1) is 10.2 Å². The van der Waals surface area contributed by atoms with Crippen LogP contribution in [0.3, 0.4) is 0 Å². The zero-order valence-electron chi connectivity index (χ0n) is 13.4. The summed E-state index contributed by atoms with van der Waals surface area (Å²) in [7, 11) is 0. The average Bonchev–Trinajstić information content (AvgIpc) is 3.10. The van der Waals surface area contributed by atoms with Crippen molar-refractivity contribution in [3.63, 3.8) is 0 Å². The first-order valence-electron chi connectivity index (χ1n) is 7.56. The van der Waals surface area contributed by atoms with Crippen molar-refractivity contribution in [2.75, 3.05) is 6.61 Å². The van der Waals surface area contributed by atoms with Gasteiger partial charge in [-0.2, -0.15) is 5.21 Å². The molecule has 0 spiro atoms. The van der Waals surface area contributed by atoms with Crippen molar-refractivity contribution in [2.45, 2.75) is 20.5 Å². The molecule has 124 valence electrons. The van der Waals surface area contributed by atoms with Crippen LogP contribution in [-0.2, 0) is 6.61 Å². The van der Waals surface area contributed by atoms with Crippen LogP contribution in [0.1, 0.15) is 18.1 Å². The summed E-state index contributed by atoms with van der Waals surface area (Å²) in [5, 5.41) is 14.3. The third-order valence-corrected chi connectivity index (χ3v) is 3.83. The van der Waals surface area contributed by atoms with E-state index >= 15 is 0 Å². The number of H-pyrrole nitrogens is 1. The molecule has 0 radical (unpaired) electrons. The van der Waals surface area contributed by atoms with Gasteiger partial charge >= 0.3 is 0 Å². The molecule has 0 bridgehead atoms. The Labute approximate surface area is 144 Å². The van der Waals surface area contributed by atoms with Crippen LogP contribution in [0, 0.1) is 6.92 Å². The minimum Gasteiger partial charge on any atom is -0.490 e. The number of ether oxygens (including phenoxy) is 2. The van der Waals surface area contributed by atoms with E-state index in [9.17, 15) is 0 Å². The van der Waals surface area contributed by atoms with Gasteiger partial charge in [0.15, 0.2) is 11.5 Å². The van der Waals surface area contributed by atoms with Crippen molar-refractivity contribution in [2.24, 2.45) is 0 Å². The van der Waals surface area contributed by atoms with E-state index in [4.69, 9.17) is 21.1 Å². The summed E-state index contributed by atoms with van der Waals surface area (Å²) < 4.78 is 11.6. The van der Waals surface area contributed by atoms with E-state index in [0.717, 1.165) is 11.1 Å². The first kappa shape index (κ1) is 16.3. The van der Waals surface area contributed by atoms with E-state index in [-0.39, 0.29) is 0 Å². The molecule has 3 rings (SSSR count). The van der Waals surface area contributed by atoms with Gasteiger partial charge in [-0.25, -0.2) is 0 Å². The summed E-state index contributed by atoms with van der Waals surface area (Å²) in [4.78, 5) is 0. The standard InChI is InChI=1S/C17H17ClN4O2/c1-3-23-15-9-13(17-19-21-22-20-17)8-14(18)16(15)24-10-12-7-5-4-6-11(12)2/h4-9H,3,10H2,1-2H3,(H,19,20,21,22). The van der Waals surface area contributed by atoms with E-state index in [1.54, 1.807) is 12.1 Å². The van der Waals surface area contributed by atoms with E-state index in [2.05, 4.69) is 20.6 Å². The molecule has 0 aliphatic rings. The fourth-order valence-corrected chi connectivity index (χ4v) is 2.57. The highest BCUT2D eigenvalue weighted by Crippen LogP contribution is 2.39. The van der Waals surface area contributed by atoms with Crippen LogP contribution in [-0.4, -0.2) is 27.2 Å². The number of hydrogen-bond donors (Lipinski definition) is 1. The molecule has 0 atom stereocenters. The molecule has 1 aromatic heterocycles. The third kappa shape index (κ3) is 3.49. The van der Waals surface area contributed by atoms with Gasteiger partial charge in [-0.3, -0.25) is 0 Å². The smallest absolute Gasteiger partial charge is 0.204 e. The maximum Gasteiger partial charge on any atom is 0.204 e. The second-order valence-corrected chi connectivity index (χ2v) is 5.58. The van der Waals surface area contributed by atoms with Gasteiger partial charge in [0.2, 0.25) is 5.82 Å². The molecule has 0 amide bonds. The summed E-state index contributed by atoms with van der Waals surface area (Å²) in [5.41, 5.74) is 2.97. The number of halogens is 1. The predicted octanol–water partition coefficient (Wildman–Crippen LogP) is 3.81. The fourth-order valence-electron chi connectivity index (χ4n) is 2.31. The Morgan fingerprint density at radius 2 is 2.00 bits per heavy atom. The molecule has 6 nitrogen and oxygen atoms in total. The summed E-state index contributed by atoms with van der Waals surface area (Å²) in [6.07, 6.45) is 0. The van der Waals surface area contributed by atoms with Crippen molar-refractivity contribution in [1.29, 1.82) is 0 Å². The summed E-state index contributed by atoms with van der Waals surface area (Å²) in [5.74, 6) is 1.51. The topological polar surface area (TPSA) is 72.9 Å². The minimum absolute atomic E-state index is 0.411.